The molecule has 0 aromatic heterocycles. The van der Waals surface area contributed by atoms with Gasteiger partial charge < -0.3 is 20.2 Å². The fourth-order valence-electron chi connectivity index (χ4n) is 2.86. The molecule has 2 N–H and O–H groups in total. The molecule has 1 fully saturated rings. The Labute approximate surface area is 155 Å². The molecule has 1 saturated heterocycles. The van der Waals surface area contributed by atoms with Crippen LogP contribution in [0.15, 0.2) is 29.8 Å². The monoisotopic (exact) mass is 356 g/mol. The number of nitrogens with one attached hydrogen (secondary N) is 1. The van der Waals surface area contributed by atoms with Crippen molar-refractivity contribution < 1.29 is 9.90 Å². The fourth-order valence-corrected chi connectivity index (χ4v) is 2.86. The van der Waals surface area contributed by atoms with Gasteiger partial charge in [-0.3, -0.25) is 4.79 Å². The van der Waals surface area contributed by atoms with Gasteiger partial charge in [-0.1, -0.05) is 19.1 Å². The smallest absolute Gasteiger partial charge is 0.262 e. The van der Waals surface area contributed by atoms with Gasteiger partial charge in [0.2, 0.25) is 0 Å². The summed E-state index contributed by atoms with van der Waals surface area (Å²) >= 11 is 0. The van der Waals surface area contributed by atoms with E-state index >= 15 is 0 Å². The molecule has 1 aliphatic heterocycles. The number of hydrogen-bond donors (Lipinski definition) is 2. The second-order valence-electron chi connectivity index (χ2n) is 6.95. The van der Waals surface area contributed by atoms with Crippen molar-refractivity contribution in [1.29, 1.82) is 5.26 Å². The first kappa shape index (κ1) is 20.0. The Balaban J connectivity index is 2.11. The van der Waals surface area contributed by atoms with Crippen LogP contribution in [0.5, 0.6) is 0 Å². The van der Waals surface area contributed by atoms with Gasteiger partial charge in [-0.15, -0.1) is 0 Å². The third-order valence-corrected chi connectivity index (χ3v) is 4.81. The zero-order valence-corrected chi connectivity index (χ0v) is 15.8. The summed E-state index contributed by atoms with van der Waals surface area (Å²) in [6.07, 6.45) is 0. The largest absolute Gasteiger partial charge is 0.396 e. The maximum Gasteiger partial charge on any atom is 0.262 e. The van der Waals surface area contributed by atoms with E-state index < -0.39 is 5.91 Å². The summed E-state index contributed by atoms with van der Waals surface area (Å²) in [5.41, 5.74) is 2.80. The van der Waals surface area contributed by atoms with E-state index in [-0.39, 0.29) is 18.1 Å². The Morgan fingerprint density at radius 3 is 2.42 bits per heavy atom. The Bertz CT molecular complexity index is 683. The second-order valence-corrected chi connectivity index (χ2v) is 6.95. The fraction of sp³-hybridized carbons (Fsp3) is 0.500. The van der Waals surface area contributed by atoms with Crippen LogP contribution in [-0.2, 0) is 4.79 Å². The summed E-state index contributed by atoms with van der Waals surface area (Å²) in [5, 5.41) is 21.2. The molecule has 1 unspecified atom stereocenters. The lowest BCUT2D eigenvalue weighted by Gasteiger charge is -2.34. The van der Waals surface area contributed by atoms with Gasteiger partial charge in [-0.25, -0.2) is 0 Å². The number of carbonyl (C=O) groups excluding carboxylic acids is 1. The number of nitriles is 1. The molecule has 26 heavy (non-hydrogen) atoms. The summed E-state index contributed by atoms with van der Waals surface area (Å²) in [5.74, 6) is -0.435. The summed E-state index contributed by atoms with van der Waals surface area (Å²) in [7, 11) is 2.13. The lowest BCUT2D eigenvalue weighted by atomic mass is 10.0. The molecule has 0 spiro atoms. The van der Waals surface area contributed by atoms with Crippen molar-refractivity contribution in [1.82, 2.24) is 10.2 Å². The van der Waals surface area contributed by atoms with Gasteiger partial charge in [0.1, 0.15) is 11.6 Å². The van der Waals surface area contributed by atoms with E-state index in [1.54, 1.807) is 6.92 Å². The average Bonchev–Trinajstić information content (AvgIpc) is 2.67. The molecule has 2 rings (SSSR count). The molecule has 0 bridgehead atoms. The van der Waals surface area contributed by atoms with Crippen molar-refractivity contribution in [3.8, 4) is 6.07 Å². The molecule has 0 saturated carbocycles. The van der Waals surface area contributed by atoms with Gasteiger partial charge in [-0.05, 0) is 43.2 Å². The highest BCUT2D eigenvalue weighted by Gasteiger charge is 2.16. The summed E-state index contributed by atoms with van der Waals surface area (Å²) in [6.45, 7) is 8.06. The van der Waals surface area contributed by atoms with Crippen LogP contribution in [0.4, 0.5) is 5.69 Å². The number of allylic oxidation sites excluding steroid dienone is 1. The standard InChI is InChI=1S/C20H28N4O2/c1-15(14-25)13-22-20(26)19(12-21)16(2)17-4-6-18(7-5-17)24-10-8-23(3)9-11-24/h4-7,15,25H,8-11,13-14H2,1-3H3,(H,22,26)/b19-16+. The van der Waals surface area contributed by atoms with Gasteiger partial charge in [0.05, 0.1) is 0 Å². The quantitative estimate of drug-likeness (QED) is 0.596. The van der Waals surface area contributed by atoms with E-state index in [4.69, 9.17) is 5.11 Å². The van der Waals surface area contributed by atoms with Crippen molar-refractivity contribution in [2.75, 3.05) is 51.3 Å². The number of aliphatic hydroxyl groups excluding tert-OH is 1. The molecule has 1 heterocycles. The van der Waals surface area contributed by atoms with Crippen LogP contribution in [0.25, 0.3) is 5.57 Å². The third kappa shape index (κ3) is 5.07. The average molecular weight is 356 g/mol. The first-order chi connectivity index (χ1) is 12.5. The lowest BCUT2D eigenvalue weighted by molar-refractivity contribution is -0.117. The molecule has 0 aliphatic carbocycles. The molecule has 1 aromatic carbocycles. The number of hydrogen-bond acceptors (Lipinski definition) is 5. The maximum atomic E-state index is 12.3. The maximum absolute atomic E-state index is 12.3. The Kier molecular flexibility index (Phi) is 7.19. The highest BCUT2D eigenvalue weighted by Crippen LogP contribution is 2.23. The van der Waals surface area contributed by atoms with E-state index in [0.717, 1.165) is 37.4 Å². The Morgan fingerprint density at radius 2 is 1.88 bits per heavy atom. The number of piperazine rings is 1. The number of anilines is 1. The molecule has 6 nitrogen and oxygen atoms in total. The second kappa shape index (κ2) is 9.37. The van der Waals surface area contributed by atoms with Crippen LogP contribution in [0.3, 0.4) is 0 Å². The van der Waals surface area contributed by atoms with Gasteiger partial charge in [0.25, 0.3) is 5.91 Å². The van der Waals surface area contributed by atoms with E-state index in [2.05, 4.69) is 22.2 Å². The van der Waals surface area contributed by atoms with Gasteiger partial charge in [0.15, 0.2) is 0 Å². The summed E-state index contributed by atoms with van der Waals surface area (Å²) in [6, 6.07) is 10.0. The van der Waals surface area contributed by atoms with Crippen molar-refractivity contribution >= 4 is 17.2 Å². The van der Waals surface area contributed by atoms with E-state index in [1.807, 2.05) is 37.3 Å². The van der Waals surface area contributed by atoms with Crippen LogP contribution >= 0.6 is 0 Å². The molecule has 1 amide bonds. The topological polar surface area (TPSA) is 79.6 Å². The zero-order valence-electron chi connectivity index (χ0n) is 15.8. The van der Waals surface area contributed by atoms with Crippen molar-refractivity contribution in [2.45, 2.75) is 13.8 Å². The molecule has 6 heteroatoms. The van der Waals surface area contributed by atoms with Gasteiger partial charge in [-0.2, -0.15) is 5.26 Å². The minimum absolute atomic E-state index is 0.00137. The van der Waals surface area contributed by atoms with Crippen LogP contribution in [0, 0.1) is 17.2 Å². The van der Waals surface area contributed by atoms with E-state index in [1.165, 1.54) is 0 Å². The van der Waals surface area contributed by atoms with Gasteiger partial charge in [0, 0.05) is 45.0 Å². The third-order valence-electron chi connectivity index (χ3n) is 4.81. The number of benzene rings is 1. The summed E-state index contributed by atoms with van der Waals surface area (Å²) < 4.78 is 0. The number of aliphatic hydroxyl groups is 1. The molecule has 0 radical (unpaired) electrons. The van der Waals surface area contributed by atoms with Crippen molar-refractivity contribution in [2.24, 2.45) is 5.92 Å². The molecule has 1 aromatic rings. The zero-order chi connectivity index (χ0) is 19.1. The number of likely N-dealkylation sites (N-methyl/N-ethyl adjacent to an activating group) is 1. The van der Waals surface area contributed by atoms with Crippen LogP contribution in [0.2, 0.25) is 0 Å². The number of rotatable bonds is 6. The Morgan fingerprint density at radius 1 is 1.27 bits per heavy atom. The first-order valence-electron chi connectivity index (χ1n) is 9.00. The molecular weight excluding hydrogens is 328 g/mol. The van der Waals surface area contributed by atoms with Crippen LogP contribution < -0.4 is 10.2 Å². The Hall–Kier alpha value is -2.36. The molecule has 140 valence electrons. The minimum atomic E-state index is -0.395. The molecule has 1 atom stereocenters. The predicted molar refractivity (Wildman–Crippen MR) is 104 cm³/mol. The van der Waals surface area contributed by atoms with Crippen LogP contribution in [-0.4, -0.2) is 62.3 Å². The molecular formula is C20H28N4O2. The molecule has 1 aliphatic rings. The highest BCUT2D eigenvalue weighted by atomic mass is 16.3. The van der Waals surface area contributed by atoms with E-state index in [0.29, 0.717) is 12.1 Å². The SMILES string of the molecule is C/C(=C(/C#N)C(=O)NCC(C)CO)c1ccc(N2CCN(C)CC2)cc1. The van der Waals surface area contributed by atoms with Gasteiger partial charge >= 0.3 is 0 Å². The minimum Gasteiger partial charge on any atom is -0.396 e. The number of amides is 1. The van der Waals surface area contributed by atoms with Crippen molar-refractivity contribution in [3.63, 3.8) is 0 Å². The van der Waals surface area contributed by atoms with Crippen molar-refractivity contribution in [3.05, 3.63) is 35.4 Å². The normalized spacial score (nSPS) is 17.3. The lowest BCUT2D eigenvalue weighted by Crippen LogP contribution is -2.44. The number of carbonyl (C=O) groups is 1. The first-order valence-corrected chi connectivity index (χ1v) is 9.00. The number of nitrogens with zero attached hydrogens (tertiary/aromatic N) is 3. The predicted octanol–water partition coefficient (Wildman–Crippen LogP) is 1.48. The highest BCUT2D eigenvalue weighted by molar-refractivity contribution is 6.04. The van der Waals surface area contributed by atoms with Crippen LogP contribution in [0.1, 0.15) is 19.4 Å². The van der Waals surface area contributed by atoms with E-state index in [9.17, 15) is 10.1 Å². The summed E-state index contributed by atoms with van der Waals surface area (Å²) in [4.78, 5) is 16.9.